The predicted molar refractivity (Wildman–Crippen MR) is 75.4 cm³/mol. The molecule has 3 rings (SSSR count). The average Bonchev–Trinajstić information content (AvgIpc) is 2.69. The Morgan fingerprint density at radius 3 is 2.60 bits per heavy atom. The lowest BCUT2D eigenvalue weighted by atomic mass is 10.2. The number of halogens is 4. The third-order valence-electron chi connectivity index (χ3n) is 2.89. The van der Waals surface area contributed by atoms with Gasteiger partial charge in [0.15, 0.2) is 5.82 Å². The van der Waals surface area contributed by atoms with Crippen LogP contribution in [0.4, 0.5) is 14.7 Å². The molecule has 0 radical (unpaired) electrons. The number of nitrogen functional groups attached to an aromatic ring is 1. The van der Waals surface area contributed by atoms with Crippen LogP contribution in [-0.4, -0.2) is 9.55 Å². The Hall–Kier alpha value is -1.85. The quantitative estimate of drug-likeness (QED) is 0.732. The number of anilines is 1. The van der Waals surface area contributed by atoms with Gasteiger partial charge >= 0.3 is 0 Å². The molecule has 0 amide bonds. The first-order valence-corrected chi connectivity index (χ1v) is 6.32. The van der Waals surface area contributed by atoms with E-state index in [-0.39, 0.29) is 21.7 Å². The normalized spacial score (nSPS) is 11.2. The lowest BCUT2D eigenvalue weighted by Gasteiger charge is -2.08. The number of fused-ring (bicyclic) bond motifs is 1. The van der Waals surface area contributed by atoms with Crippen LogP contribution in [0.5, 0.6) is 0 Å². The Morgan fingerprint density at radius 1 is 1.10 bits per heavy atom. The van der Waals surface area contributed by atoms with Crippen LogP contribution in [0.15, 0.2) is 30.3 Å². The van der Waals surface area contributed by atoms with E-state index >= 15 is 0 Å². The van der Waals surface area contributed by atoms with Crippen LogP contribution in [0, 0.1) is 11.6 Å². The van der Waals surface area contributed by atoms with Gasteiger partial charge in [0.05, 0.1) is 26.8 Å². The number of rotatable bonds is 1. The maximum Gasteiger partial charge on any atom is 0.206 e. The van der Waals surface area contributed by atoms with Crippen molar-refractivity contribution in [2.24, 2.45) is 0 Å². The van der Waals surface area contributed by atoms with Gasteiger partial charge in [0.1, 0.15) is 5.82 Å². The van der Waals surface area contributed by atoms with Crippen LogP contribution in [-0.2, 0) is 0 Å². The third kappa shape index (κ3) is 1.90. The molecule has 0 fully saturated rings. The lowest BCUT2D eigenvalue weighted by Crippen LogP contribution is -2.03. The molecule has 3 aromatic rings. The summed E-state index contributed by atoms with van der Waals surface area (Å²) in [4.78, 5) is 4.04. The van der Waals surface area contributed by atoms with E-state index < -0.39 is 11.6 Å². The lowest BCUT2D eigenvalue weighted by molar-refractivity contribution is 0.619. The molecule has 0 unspecified atom stereocenters. The molecule has 2 aromatic carbocycles. The fourth-order valence-electron chi connectivity index (χ4n) is 2.01. The van der Waals surface area contributed by atoms with E-state index in [9.17, 15) is 8.78 Å². The molecule has 2 N–H and O–H groups in total. The zero-order valence-corrected chi connectivity index (χ0v) is 11.4. The number of aromatic nitrogens is 2. The van der Waals surface area contributed by atoms with Crippen LogP contribution in [0.3, 0.4) is 0 Å². The van der Waals surface area contributed by atoms with Crippen molar-refractivity contribution in [1.82, 2.24) is 9.55 Å². The Labute approximate surface area is 122 Å². The fraction of sp³-hybridized carbons (Fsp3) is 0. The molecule has 0 saturated carbocycles. The highest BCUT2D eigenvalue weighted by atomic mass is 35.5. The summed E-state index contributed by atoms with van der Waals surface area (Å²) in [6.45, 7) is 0. The van der Waals surface area contributed by atoms with E-state index in [1.165, 1.54) is 22.8 Å². The summed E-state index contributed by atoms with van der Waals surface area (Å²) in [5.41, 5.74) is 6.56. The number of nitrogens with zero attached hydrogens (tertiary/aromatic N) is 2. The monoisotopic (exact) mass is 313 g/mol. The molecule has 0 aliphatic heterocycles. The number of benzene rings is 2. The van der Waals surface area contributed by atoms with Crippen molar-refractivity contribution in [2.45, 2.75) is 0 Å². The Morgan fingerprint density at radius 2 is 1.85 bits per heavy atom. The van der Waals surface area contributed by atoms with Gasteiger partial charge in [0, 0.05) is 6.07 Å². The van der Waals surface area contributed by atoms with Gasteiger partial charge in [-0.25, -0.2) is 13.8 Å². The minimum atomic E-state index is -0.657. The molecule has 0 spiro atoms. The van der Waals surface area contributed by atoms with Gasteiger partial charge < -0.3 is 5.73 Å². The predicted octanol–water partition coefficient (Wildman–Crippen LogP) is 4.19. The van der Waals surface area contributed by atoms with Crippen LogP contribution >= 0.6 is 23.2 Å². The highest BCUT2D eigenvalue weighted by Crippen LogP contribution is 2.30. The first-order valence-electron chi connectivity index (χ1n) is 5.56. The van der Waals surface area contributed by atoms with Gasteiger partial charge in [0.25, 0.3) is 0 Å². The molecular formula is C13H7Cl2F2N3. The van der Waals surface area contributed by atoms with E-state index in [0.717, 1.165) is 6.07 Å². The zero-order chi connectivity index (χ0) is 14.4. The molecule has 102 valence electrons. The molecule has 0 aliphatic rings. The number of hydrogen-bond donors (Lipinski definition) is 1. The van der Waals surface area contributed by atoms with E-state index in [1.54, 1.807) is 6.07 Å². The van der Waals surface area contributed by atoms with Gasteiger partial charge in [-0.3, -0.25) is 4.57 Å². The third-order valence-corrected chi connectivity index (χ3v) is 3.48. The minimum Gasteiger partial charge on any atom is -0.369 e. The van der Waals surface area contributed by atoms with Crippen LogP contribution in [0.2, 0.25) is 10.0 Å². The SMILES string of the molecule is Nc1nc2cc(Cl)c(F)cc2n1-c1cccc(Cl)c1F. The second-order valence-corrected chi connectivity index (χ2v) is 4.95. The topological polar surface area (TPSA) is 43.8 Å². The van der Waals surface area contributed by atoms with Gasteiger partial charge in [-0.2, -0.15) is 0 Å². The van der Waals surface area contributed by atoms with Crippen LogP contribution in [0.1, 0.15) is 0 Å². The summed E-state index contributed by atoms with van der Waals surface area (Å²) in [6, 6.07) is 6.94. The van der Waals surface area contributed by atoms with Crippen molar-refractivity contribution in [2.75, 3.05) is 5.73 Å². The van der Waals surface area contributed by atoms with Crippen molar-refractivity contribution in [3.05, 3.63) is 52.0 Å². The van der Waals surface area contributed by atoms with Crippen LogP contribution in [0.25, 0.3) is 16.7 Å². The molecule has 7 heteroatoms. The Bertz CT molecular complexity index is 830. The second-order valence-electron chi connectivity index (χ2n) is 4.13. The Kier molecular flexibility index (Phi) is 3.03. The van der Waals surface area contributed by atoms with E-state index in [4.69, 9.17) is 28.9 Å². The average molecular weight is 314 g/mol. The smallest absolute Gasteiger partial charge is 0.206 e. The highest BCUT2D eigenvalue weighted by molar-refractivity contribution is 6.31. The summed E-state index contributed by atoms with van der Waals surface area (Å²) < 4.78 is 29.0. The molecule has 1 aromatic heterocycles. The summed E-state index contributed by atoms with van der Waals surface area (Å²) in [5, 5.41) is -0.132. The molecular weight excluding hydrogens is 307 g/mol. The standard InChI is InChI=1S/C13H7Cl2F2N3/c14-6-2-1-3-10(12(6)17)20-11-5-8(16)7(15)4-9(11)19-13(20)18/h1-5H,(H2,18,19). The number of imidazole rings is 1. The van der Waals surface area contributed by atoms with Gasteiger partial charge in [-0.1, -0.05) is 29.3 Å². The van der Waals surface area contributed by atoms with Gasteiger partial charge in [-0.15, -0.1) is 0 Å². The first kappa shape index (κ1) is 13.1. The van der Waals surface area contributed by atoms with Crippen molar-refractivity contribution in [1.29, 1.82) is 0 Å². The van der Waals surface area contributed by atoms with Crippen molar-refractivity contribution >= 4 is 40.2 Å². The second kappa shape index (κ2) is 4.61. The molecule has 20 heavy (non-hydrogen) atoms. The maximum atomic E-state index is 14.1. The van der Waals surface area contributed by atoms with Crippen LogP contribution < -0.4 is 5.73 Å². The number of nitrogens with two attached hydrogens (primary N) is 1. The Balaban J connectivity index is 2.39. The maximum absolute atomic E-state index is 14.1. The summed E-state index contributed by atoms with van der Waals surface area (Å²) in [7, 11) is 0. The molecule has 0 atom stereocenters. The van der Waals surface area contributed by atoms with Crippen molar-refractivity contribution in [3.63, 3.8) is 0 Å². The number of hydrogen-bond acceptors (Lipinski definition) is 2. The van der Waals surface area contributed by atoms with Crippen molar-refractivity contribution < 1.29 is 8.78 Å². The largest absolute Gasteiger partial charge is 0.369 e. The molecule has 0 aliphatic carbocycles. The first-order chi connectivity index (χ1) is 9.49. The summed E-state index contributed by atoms with van der Waals surface area (Å²) >= 11 is 11.4. The summed E-state index contributed by atoms with van der Waals surface area (Å²) in [5.74, 6) is -1.28. The molecule has 1 heterocycles. The van der Waals surface area contributed by atoms with Crippen molar-refractivity contribution in [3.8, 4) is 5.69 Å². The molecule has 3 nitrogen and oxygen atoms in total. The molecule has 0 bridgehead atoms. The summed E-state index contributed by atoms with van der Waals surface area (Å²) in [6.07, 6.45) is 0. The fourth-order valence-corrected chi connectivity index (χ4v) is 2.34. The molecule has 0 saturated heterocycles. The van der Waals surface area contributed by atoms with E-state index in [1.807, 2.05) is 0 Å². The van der Waals surface area contributed by atoms with Gasteiger partial charge in [-0.05, 0) is 18.2 Å². The van der Waals surface area contributed by atoms with E-state index in [0.29, 0.717) is 11.0 Å². The highest BCUT2D eigenvalue weighted by Gasteiger charge is 2.17. The van der Waals surface area contributed by atoms with Gasteiger partial charge in [0.2, 0.25) is 5.95 Å². The van der Waals surface area contributed by atoms with E-state index in [2.05, 4.69) is 4.98 Å². The zero-order valence-electron chi connectivity index (χ0n) is 9.87. The minimum absolute atomic E-state index is 0.0165.